The number of hydrogen-bond acceptors (Lipinski definition) is 3. The first kappa shape index (κ1) is 19.8. The van der Waals surface area contributed by atoms with E-state index in [1.165, 1.54) is 11.1 Å². The molecule has 4 heteroatoms. The van der Waals surface area contributed by atoms with Gasteiger partial charge < -0.3 is 14.5 Å². The van der Waals surface area contributed by atoms with E-state index in [1.54, 1.807) is 0 Å². The molecule has 2 atom stereocenters. The highest BCUT2D eigenvalue weighted by Gasteiger charge is 2.44. The van der Waals surface area contributed by atoms with Crippen LogP contribution in [0.2, 0.25) is 0 Å². The summed E-state index contributed by atoms with van der Waals surface area (Å²) in [7, 11) is 2.17. The number of fused-ring (bicyclic) bond motifs is 3. The molecule has 5 rings (SSSR count). The zero-order valence-electron chi connectivity index (χ0n) is 18.1. The number of carbonyl (C=O) groups excluding carboxylic acids is 1. The van der Waals surface area contributed by atoms with Crippen molar-refractivity contribution < 1.29 is 9.53 Å². The lowest BCUT2D eigenvalue weighted by molar-refractivity contribution is 0.0960. The third-order valence-corrected chi connectivity index (χ3v) is 6.53. The number of hydrogen-bond donors (Lipinski definition) is 0. The molecule has 0 radical (unpaired) electrons. The number of aryl methyl sites for hydroxylation is 1. The SMILES string of the molecule is Cc1ccc2c(c1)[C@@H]1CN(C)CC[C@H]1N2C(=O)c1ccccc1OCc1ccccc1. The Kier molecular flexibility index (Phi) is 5.24. The van der Waals surface area contributed by atoms with Gasteiger partial charge >= 0.3 is 0 Å². The number of likely N-dealkylation sites (tertiary alicyclic amines) is 1. The van der Waals surface area contributed by atoms with Crippen molar-refractivity contribution in [2.24, 2.45) is 0 Å². The van der Waals surface area contributed by atoms with Gasteiger partial charge in [0.05, 0.1) is 5.56 Å². The summed E-state index contributed by atoms with van der Waals surface area (Å²) in [6.45, 7) is 4.55. The second-order valence-corrected chi connectivity index (χ2v) is 8.73. The predicted molar refractivity (Wildman–Crippen MR) is 124 cm³/mol. The largest absolute Gasteiger partial charge is 0.488 e. The van der Waals surface area contributed by atoms with E-state index in [2.05, 4.69) is 37.1 Å². The van der Waals surface area contributed by atoms with Crippen molar-refractivity contribution in [1.82, 2.24) is 4.90 Å². The molecule has 2 aliphatic heterocycles. The molecule has 31 heavy (non-hydrogen) atoms. The van der Waals surface area contributed by atoms with E-state index in [9.17, 15) is 4.79 Å². The molecule has 0 N–H and O–H groups in total. The number of nitrogens with zero attached hydrogens (tertiary/aromatic N) is 2. The molecular formula is C27H28N2O2. The lowest BCUT2D eigenvalue weighted by Gasteiger charge is -2.36. The molecule has 0 bridgehead atoms. The summed E-state index contributed by atoms with van der Waals surface area (Å²) in [5.74, 6) is 1.03. The molecular weight excluding hydrogens is 384 g/mol. The number of amides is 1. The third-order valence-electron chi connectivity index (χ3n) is 6.53. The van der Waals surface area contributed by atoms with Gasteiger partial charge in [-0.3, -0.25) is 4.79 Å². The van der Waals surface area contributed by atoms with E-state index in [4.69, 9.17) is 4.74 Å². The van der Waals surface area contributed by atoms with Gasteiger partial charge in [-0.05, 0) is 56.3 Å². The molecule has 0 aliphatic carbocycles. The predicted octanol–water partition coefficient (Wildman–Crippen LogP) is 5.02. The highest BCUT2D eigenvalue weighted by Crippen LogP contribution is 2.46. The Morgan fingerprint density at radius 2 is 1.81 bits per heavy atom. The summed E-state index contributed by atoms with van der Waals surface area (Å²) in [5.41, 5.74) is 5.31. The molecule has 3 aromatic rings. The van der Waals surface area contributed by atoms with Crippen molar-refractivity contribution in [1.29, 1.82) is 0 Å². The first-order valence-electron chi connectivity index (χ1n) is 11.0. The number of piperidine rings is 1. The standard InChI is InChI=1S/C27H28N2O2/c1-19-12-13-24-22(16-19)23-17-28(2)15-14-25(23)29(24)27(30)21-10-6-7-11-26(21)31-18-20-8-4-3-5-9-20/h3-13,16,23,25H,14-15,17-18H2,1-2H3/t23-,25+/m0/s1. The highest BCUT2D eigenvalue weighted by molar-refractivity contribution is 6.09. The fourth-order valence-electron chi connectivity index (χ4n) is 4.98. The molecule has 4 nitrogen and oxygen atoms in total. The van der Waals surface area contributed by atoms with Gasteiger partial charge in [-0.1, -0.05) is 60.2 Å². The van der Waals surface area contributed by atoms with Crippen LogP contribution >= 0.6 is 0 Å². The summed E-state index contributed by atoms with van der Waals surface area (Å²) < 4.78 is 6.11. The smallest absolute Gasteiger partial charge is 0.262 e. The summed E-state index contributed by atoms with van der Waals surface area (Å²) in [5, 5.41) is 0. The maximum atomic E-state index is 13.9. The van der Waals surface area contributed by atoms with Crippen LogP contribution in [0.3, 0.4) is 0 Å². The van der Waals surface area contributed by atoms with Gasteiger partial charge in [0.1, 0.15) is 12.4 Å². The normalized spacial score (nSPS) is 20.3. The molecule has 0 saturated carbocycles. The minimum absolute atomic E-state index is 0.0332. The maximum Gasteiger partial charge on any atom is 0.262 e. The molecule has 2 heterocycles. The van der Waals surface area contributed by atoms with Crippen molar-refractivity contribution in [3.05, 3.63) is 95.1 Å². The monoisotopic (exact) mass is 412 g/mol. The van der Waals surface area contributed by atoms with Crippen LogP contribution in [0.4, 0.5) is 5.69 Å². The Labute approximate surface area is 184 Å². The molecule has 0 unspecified atom stereocenters. The molecule has 3 aromatic carbocycles. The van der Waals surface area contributed by atoms with Gasteiger partial charge in [0.2, 0.25) is 0 Å². The van der Waals surface area contributed by atoms with Crippen LogP contribution in [0.25, 0.3) is 0 Å². The number of benzene rings is 3. The van der Waals surface area contributed by atoms with Gasteiger partial charge in [-0.15, -0.1) is 0 Å². The summed E-state index contributed by atoms with van der Waals surface area (Å²) in [4.78, 5) is 18.3. The van der Waals surface area contributed by atoms with Crippen molar-refractivity contribution in [2.75, 3.05) is 25.0 Å². The number of para-hydroxylation sites is 1. The number of anilines is 1. The lowest BCUT2D eigenvalue weighted by atomic mass is 9.88. The third kappa shape index (κ3) is 3.72. The van der Waals surface area contributed by atoms with Crippen molar-refractivity contribution in [3.63, 3.8) is 0 Å². The van der Waals surface area contributed by atoms with Crippen LogP contribution in [0.5, 0.6) is 5.75 Å². The number of likely N-dealkylation sites (N-methyl/N-ethyl adjacent to an activating group) is 1. The second kappa shape index (κ2) is 8.20. The molecule has 1 amide bonds. The van der Waals surface area contributed by atoms with Gasteiger partial charge in [0, 0.05) is 24.2 Å². The second-order valence-electron chi connectivity index (χ2n) is 8.73. The zero-order valence-corrected chi connectivity index (χ0v) is 18.1. The Morgan fingerprint density at radius 1 is 1.03 bits per heavy atom. The lowest BCUT2D eigenvalue weighted by Crippen LogP contribution is -2.47. The van der Waals surface area contributed by atoms with E-state index >= 15 is 0 Å². The summed E-state index contributed by atoms with van der Waals surface area (Å²) >= 11 is 0. The van der Waals surface area contributed by atoms with E-state index in [1.807, 2.05) is 59.5 Å². The molecule has 1 fully saturated rings. The first-order chi connectivity index (χ1) is 15.1. The highest BCUT2D eigenvalue weighted by atomic mass is 16.5. The van der Waals surface area contributed by atoms with Crippen LogP contribution in [0.15, 0.2) is 72.8 Å². The Hall–Kier alpha value is -3.11. The van der Waals surface area contributed by atoms with Gasteiger partial charge in [0.25, 0.3) is 5.91 Å². The fourth-order valence-corrected chi connectivity index (χ4v) is 4.98. The molecule has 0 spiro atoms. The number of ether oxygens (including phenoxy) is 1. The van der Waals surface area contributed by atoms with Crippen molar-refractivity contribution in [2.45, 2.75) is 31.9 Å². The van der Waals surface area contributed by atoms with Crippen LogP contribution in [0.1, 0.15) is 39.4 Å². The van der Waals surface area contributed by atoms with Crippen LogP contribution < -0.4 is 9.64 Å². The number of rotatable bonds is 4. The van der Waals surface area contributed by atoms with E-state index in [0.29, 0.717) is 23.8 Å². The minimum atomic E-state index is 0.0332. The van der Waals surface area contributed by atoms with Crippen LogP contribution in [-0.2, 0) is 6.61 Å². The maximum absolute atomic E-state index is 13.9. The Balaban J connectivity index is 1.48. The quantitative estimate of drug-likeness (QED) is 0.603. The van der Waals surface area contributed by atoms with Gasteiger partial charge in [-0.2, -0.15) is 0 Å². The topological polar surface area (TPSA) is 32.8 Å². The Bertz CT molecular complexity index is 1100. The fraction of sp³-hybridized carbons (Fsp3) is 0.296. The van der Waals surface area contributed by atoms with Crippen LogP contribution in [-0.4, -0.2) is 37.0 Å². The molecule has 0 aromatic heterocycles. The molecule has 1 saturated heterocycles. The van der Waals surface area contributed by atoms with Gasteiger partial charge in [0.15, 0.2) is 0 Å². The summed E-state index contributed by atoms with van der Waals surface area (Å²) in [6.07, 6.45) is 0.980. The first-order valence-corrected chi connectivity index (χ1v) is 11.0. The number of carbonyl (C=O) groups is 1. The van der Waals surface area contributed by atoms with Crippen molar-refractivity contribution in [3.8, 4) is 5.75 Å². The Morgan fingerprint density at radius 3 is 2.65 bits per heavy atom. The van der Waals surface area contributed by atoms with Gasteiger partial charge in [-0.25, -0.2) is 0 Å². The van der Waals surface area contributed by atoms with E-state index < -0.39 is 0 Å². The van der Waals surface area contributed by atoms with E-state index in [0.717, 1.165) is 30.8 Å². The van der Waals surface area contributed by atoms with Crippen LogP contribution in [0, 0.1) is 6.92 Å². The minimum Gasteiger partial charge on any atom is -0.488 e. The van der Waals surface area contributed by atoms with E-state index in [-0.39, 0.29) is 11.9 Å². The molecule has 158 valence electrons. The zero-order chi connectivity index (χ0) is 21.4. The van der Waals surface area contributed by atoms with Crippen molar-refractivity contribution >= 4 is 11.6 Å². The molecule has 2 aliphatic rings. The average molecular weight is 413 g/mol. The summed E-state index contributed by atoms with van der Waals surface area (Å²) in [6, 6.07) is 24.4. The average Bonchev–Trinajstić information content (AvgIpc) is 3.11.